The van der Waals surface area contributed by atoms with Crippen LogP contribution >= 0.6 is 0 Å². The summed E-state index contributed by atoms with van der Waals surface area (Å²) in [6, 6.07) is -0.936. The molecule has 0 saturated carbocycles. The van der Waals surface area contributed by atoms with E-state index in [9.17, 15) is 9.59 Å². The number of hydrogen-bond donors (Lipinski definition) is 2. The van der Waals surface area contributed by atoms with Crippen molar-refractivity contribution in [1.29, 1.82) is 0 Å². The minimum absolute atomic E-state index is 0.129. The standard InChI is InChI=1S/C8H11N3O3/c1-4-3-11(5(2)7(12)13)8(14)10-6(4)9/h3,5H,1-2H3,(H,12,13)(H2,9,10,14)/t5-/m0/s1. The highest BCUT2D eigenvalue weighted by atomic mass is 16.4. The molecule has 0 spiro atoms. The van der Waals surface area contributed by atoms with E-state index in [4.69, 9.17) is 10.8 Å². The molecular formula is C8H11N3O3. The molecule has 14 heavy (non-hydrogen) atoms. The topological polar surface area (TPSA) is 98.2 Å². The first-order valence-electron chi connectivity index (χ1n) is 4.01. The van der Waals surface area contributed by atoms with Crippen LogP contribution in [0.25, 0.3) is 0 Å². The van der Waals surface area contributed by atoms with Crippen molar-refractivity contribution in [3.63, 3.8) is 0 Å². The van der Waals surface area contributed by atoms with Crippen LogP contribution < -0.4 is 11.4 Å². The van der Waals surface area contributed by atoms with E-state index in [2.05, 4.69) is 4.98 Å². The van der Waals surface area contributed by atoms with E-state index >= 15 is 0 Å². The normalized spacial score (nSPS) is 12.4. The fourth-order valence-electron chi connectivity index (χ4n) is 0.975. The summed E-state index contributed by atoms with van der Waals surface area (Å²) in [5.41, 5.74) is 5.33. The minimum Gasteiger partial charge on any atom is -0.480 e. The highest BCUT2D eigenvalue weighted by Gasteiger charge is 2.15. The Hall–Kier alpha value is -1.85. The van der Waals surface area contributed by atoms with Gasteiger partial charge in [-0.05, 0) is 13.8 Å². The lowest BCUT2D eigenvalue weighted by Crippen LogP contribution is -2.30. The van der Waals surface area contributed by atoms with E-state index in [1.165, 1.54) is 13.1 Å². The van der Waals surface area contributed by atoms with Crippen molar-refractivity contribution in [1.82, 2.24) is 9.55 Å². The molecule has 6 nitrogen and oxygen atoms in total. The number of nitrogen functional groups attached to an aromatic ring is 1. The summed E-state index contributed by atoms with van der Waals surface area (Å²) in [5.74, 6) is -0.957. The smallest absolute Gasteiger partial charge is 0.350 e. The zero-order valence-corrected chi connectivity index (χ0v) is 7.89. The van der Waals surface area contributed by atoms with Gasteiger partial charge in [-0.15, -0.1) is 0 Å². The van der Waals surface area contributed by atoms with Crippen molar-refractivity contribution in [2.24, 2.45) is 0 Å². The highest BCUT2D eigenvalue weighted by Crippen LogP contribution is 2.07. The maximum atomic E-state index is 11.2. The number of aliphatic carboxylic acids is 1. The average molecular weight is 197 g/mol. The second kappa shape index (κ2) is 3.49. The largest absolute Gasteiger partial charge is 0.480 e. The molecule has 0 radical (unpaired) electrons. The van der Waals surface area contributed by atoms with E-state index in [0.717, 1.165) is 4.57 Å². The molecule has 0 unspecified atom stereocenters. The second-order valence-corrected chi connectivity index (χ2v) is 3.01. The summed E-state index contributed by atoms with van der Waals surface area (Å²) in [4.78, 5) is 25.4. The Morgan fingerprint density at radius 2 is 2.29 bits per heavy atom. The van der Waals surface area contributed by atoms with Crippen molar-refractivity contribution >= 4 is 11.8 Å². The molecular weight excluding hydrogens is 186 g/mol. The summed E-state index contributed by atoms with van der Waals surface area (Å²) < 4.78 is 1.04. The Bertz CT molecular complexity index is 424. The van der Waals surface area contributed by atoms with Gasteiger partial charge in [0.2, 0.25) is 0 Å². The van der Waals surface area contributed by atoms with Crippen molar-refractivity contribution < 1.29 is 9.90 Å². The van der Waals surface area contributed by atoms with E-state index in [-0.39, 0.29) is 5.82 Å². The molecule has 3 N–H and O–H groups in total. The molecule has 6 heteroatoms. The summed E-state index contributed by atoms with van der Waals surface area (Å²) in [7, 11) is 0. The molecule has 0 aliphatic heterocycles. The Balaban J connectivity index is 3.29. The molecule has 1 aromatic heterocycles. The molecule has 0 saturated heterocycles. The van der Waals surface area contributed by atoms with Crippen LogP contribution in [-0.2, 0) is 4.79 Å². The molecule has 1 atom stereocenters. The first-order valence-corrected chi connectivity index (χ1v) is 4.01. The number of aromatic nitrogens is 2. The summed E-state index contributed by atoms with van der Waals surface area (Å²) in [6.07, 6.45) is 1.39. The van der Waals surface area contributed by atoms with Crippen molar-refractivity contribution in [3.05, 3.63) is 22.2 Å². The lowest BCUT2D eigenvalue weighted by Gasteiger charge is -2.10. The molecule has 1 aromatic rings. The molecule has 0 amide bonds. The predicted molar refractivity (Wildman–Crippen MR) is 50.0 cm³/mol. The molecule has 0 aromatic carbocycles. The van der Waals surface area contributed by atoms with Gasteiger partial charge in [-0.2, -0.15) is 4.98 Å². The van der Waals surface area contributed by atoms with E-state index < -0.39 is 17.7 Å². The van der Waals surface area contributed by atoms with Crippen molar-refractivity contribution in [3.8, 4) is 0 Å². The van der Waals surface area contributed by atoms with Gasteiger partial charge in [0.1, 0.15) is 11.9 Å². The molecule has 76 valence electrons. The SMILES string of the molecule is Cc1cn([C@@H](C)C(=O)O)c(=O)nc1N. The Kier molecular flexibility index (Phi) is 2.55. The molecule has 0 aliphatic rings. The van der Waals surface area contributed by atoms with Crippen LogP contribution in [0.1, 0.15) is 18.5 Å². The molecule has 0 fully saturated rings. The predicted octanol–water partition coefficient (Wildman–Crippen LogP) is -0.220. The highest BCUT2D eigenvalue weighted by molar-refractivity contribution is 5.71. The van der Waals surface area contributed by atoms with Crippen LogP contribution in [0.5, 0.6) is 0 Å². The van der Waals surface area contributed by atoms with Crippen LogP contribution in [0.2, 0.25) is 0 Å². The summed E-state index contributed by atoms with van der Waals surface area (Å²) in [6.45, 7) is 3.06. The van der Waals surface area contributed by atoms with Gasteiger partial charge in [-0.25, -0.2) is 9.59 Å². The Morgan fingerprint density at radius 1 is 1.71 bits per heavy atom. The van der Waals surface area contributed by atoms with Gasteiger partial charge in [-0.1, -0.05) is 0 Å². The first kappa shape index (κ1) is 10.2. The fraction of sp³-hybridized carbons (Fsp3) is 0.375. The first-order chi connectivity index (χ1) is 6.43. The van der Waals surface area contributed by atoms with Gasteiger partial charge in [0.15, 0.2) is 0 Å². The number of nitrogens with two attached hydrogens (primary N) is 1. The van der Waals surface area contributed by atoms with Crippen LogP contribution in [0.15, 0.2) is 11.0 Å². The number of hydrogen-bond acceptors (Lipinski definition) is 4. The van der Waals surface area contributed by atoms with Crippen LogP contribution in [0.3, 0.4) is 0 Å². The lowest BCUT2D eigenvalue weighted by atomic mass is 10.3. The number of carboxylic acid groups (broad SMARTS) is 1. The van der Waals surface area contributed by atoms with E-state index in [1.54, 1.807) is 6.92 Å². The Labute approximate surface area is 80.0 Å². The van der Waals surface area contributed by atoms with Crippen molar-refractivity contribution in [2.75, 3.05) is 5.73 Å². The van der Waals surface area contributed by atoms with E-state index in [0.29, 0.717) is 5.56 Å². The summed E-state index contributed by atoms with van der Waals surface area (Å²) in [5, 5.41) is 8.70. The van der Waals surface area contributed by atoms with Crippen molar-refractivity contribution in [2.45, 2.75) is 19.9 Å². The maximum absolute atomic E-state index is 11.2. The minimum atomic E-state index is -1.09. The van der Waals surface area contributed by atoms with Gasteiger partial charge in [-0.3, -0.25) is 4.57 Å². The number of carbonyl (C=O) groups is 1. The number of anilines is 1. The zero-order chi connectivity index (χ0) is 10.9. The molecule has 1 rings (SSSR count). The fourth-order valence-corrected chi connectivity index (χ4v) is 0.975. The van der Waals surface area contributed by atoms with Gasteiger partial charge >= 0.3 is 11.7 Å². The Morgan fingerprint density at radius 3 is 2.79 bits per heavy atom. The molecule has 1 heterocycles. The van der Waals surface area contributed by atoms with Crippen LogP contribution in [0, 0.1) is 6.92 Å². The number of nitrogens with zero attached hydrogens (tertiary/aromatic N) is 2. The van der Waals surface area contributed by atoms with Gasteiger partial charge in [0.05, 0.1) is 0 Å². The van der Waals surface area contributed by atoms with Crippen LogP contribution in [0.4, 0.5) is 5.82 Å². The van der Waals surface area contributed by atoms with Gasteiger partial charge in [0.25, 0.3) is 0 Å². The second-order valence-electron chi connectivity index (χ2n) is 3.01. The third-order valence-electron chi connectivity index (χ3n) is 1.95. The zero-order valence-electron chi connectivity index (χ0n) is 7.89. The molecule has 0 bridgehead atoms. The molecule has 0 aliphatic carbocycles. The van der Waals surface area contributed by atoms with E-state index in [1.807, 2.05) is 0 Å². The maximum Gasteiger partial charge on any atom is 0.350 e. The van der Waals surface area contributed by atoms with Gasteiger partial charge in [0, 0.05) is 11.8 Å². The number of carboxylic acids is 1. The average Bonchev–Trinajstić information content (AvgIpc) is 2.10. The third kappa shape index (κ3) is 1.73. The summed E-state index contributed by atoms with van der Waals surface area (Å²) >= 11 is 0. The lowest BCUT2D eigenvalue weighted by molar-refractivity contribution is -0.140. The van der Waals surface area contributed by atoms with Crippen LogP contribution in [-0.4, -0.2) is 20.6 Å². The van der Waals surface area contributed by atoms with Gasteiger partial charge < -0.3 is 10.8 Å². The number of rotatable bonds is 2. The monoisotopic (exact) mass is 197 g/mol. The number of aryl methyl sites for hydroxylation is 1. The third-order valence-corrected chi connectivity index (χ3v) is 1.95. The quantitative estimate of drug-likeness (QED) is 0.682.